The predicted octanol–water partition coefficient (Wildman–Crippen LogP) is 3.19. The lowest BCUT2D eigenvalue weighted by molar-refractivity contribution is -0.139. The van der Waals surface area contributed by atoms with Crippen LogP contribution in [0, 0.1) is 5.82 Å². The van der Waals surface area contributed by atoms with E-state index in [2.05, 4.69) is 5.32 Å². The van der Waals surface area contributed by atoms with Gasteiger partial charge in [-0.15, -0.1) is 0 Å². The first kappa shape index (κ1) is 25.6. The van der Waals surface area contributed by atoms with Crippen LogP contribution in [-0.4, -0.2) is 50.0 Å². The molecule has 2 aromatic rings. The van der Waals surface area contributed by atoms with Crippen LogP contribution in [0.1, 0.15) is 26.3 Å². The van der Waals surface area contributed by atoms with Crippen LogP contribution < -0.4 is 9.62 Å². The maximum absolute atomic E-state index is 13.3. The van der Waals surface area contributed by atoms with E-state index in [1.54, 1.807) is 32.9 Å². The van der Waals surface area contributed by atoms with E-state index in [9.17, 15) is 22.4 Å². The number of sulfonamides is 1. The number of nitrogens with one attached hydrogen (secondary N) is 1. The van der Waals surface area contributed by atoms with Crippen LogP contribution in [0.5, 0.6) is 0 Å². The molecule has 1 N–H and O–H groups in total. The standard InChI is InChI=1S/C22H27ClFN3O4S/c1-15(2)25-22(29)16(3)26(13-17-8-10-19(24)11-9-17)21(28)14-27(32(4,30)31)20-7-5-6-18(23)12-20/h5-12,15-16H,13-14H2,1-4H3,(H,25,29). The molecule has 0 heterocycles. The summed E-state index contributed by atoms with van der Waals surface area (Å²) in [7, 11) is -3.83. The second-order valence-electron chi connectivity index (χ2n) is 7.74. The molecule has 0 aliphatic rings. The summed E-state index contributed by atoms with van der Waals surface area (Å²) < 4.78 is 39.1. The first-order chi connectivity index (χ1) is 14.9. The number of rotatable bonds is 9. The first-order valence-electron chi connectivity index (χ1n) is 9.96. The second kappa shape index (κ2) is 10.8. The van der Waals surface area contributed by atoms with Gasteiger partial charge in [0.15, 0.2) is 0 Å². The van der Waals surface area contributed by atoms with Gasteiger partial charge in [0.2, 0.25) is 21.8 Å². The molecular formula is C22H27ClFN3O4S. The topological polar surface area (TPSA) is 86.8 Å². The van der Waals surface area contributed by atoms with E-state index in [4.69, 9.17) is 11.6 Å². The van der Waals surface area contributed by atoms with E-state index in [1.165, 1.54) is 41.3 Å². The fourth-order valence-electron chi connectivity index (χ4n) is 3.02. The Morgan fingerprint density at radius 1 is 1.09 bits per heavy atom. The van der Waals surface area contributed by atoms with E-state index in [0.29, 0.717) is 10.6 Å². The lowest BCUT2D eigenvalue weighted by Crippen LogP contribution is -2.52. The van der Waals surface area contributed by atoms with Crippen LogP contribution in [0.25, 0.3) is 0 Å². The maximum Gasteiger partial charge on any atom is 0.244 e. The number of amides is 2. The molecule has 0 aromatic heterocycles. The average Bonchev–Trinajstić information content (AvgIpc) is 2.69. The third kappa shape index (κ3) is 7.20. The highest BCUT2D eigenvalue weighted by atomic mass is 35.5. The first-order valence-corrected chi connectivity index (χ1v) is 12.2. The number of halogens is 2. The fraction of sp³-hybridized carbons (Fsp3) is 0.364. The summed E-state index contributed by atoms with van der Waals surface area (Å²) in [5.74, 6) is -1.41. The van der Waals surface area contributed by atoms with Crippen LogP contribution in [0.2, 0.25) is 5.02 Å². The minimum atomic E-state index is -3.83. The SMILES string of the molecule is CC(C)NC(=O)C(C)N(Cc1ccc(F)cc1)C(=O)CN(c1cccc(Cl)c1)S(C)(=O)=O. The van der Waals surface area contributed by atoms with Gasteiger partial charge in [0.25, 0.3) is 0 Å². The van der Waals surface area contributed by atoms with Crippen LogP contribution in [0.4, 0.5) is 10.1 Å². The summed E-state index contributed by atoms with van der Waals surface area (Å²) in [4.78, 5) is 27.2. The van der Waals surface area contributed by atoms with Gasteiger partial charge in [-0.25, -0.2) is 12.8 Å². The Kier molecular flexibility index (Phi) is 8.63. The second-order valence-corrected chi connectivity index (χ2v) is 10.1. The lowest BCUT2D eigenvalue weighted by Gasteiger charge is -2.32. The zero-order chi connectivity index (χ0) is 24.1. The molecule has 32 heavy (non-hydrogen) atoms. The van der Waals surface area contributed by atoms with Gasteiger partial charge in [-0.3, -0.25) is 13.9 Å². The van der Waals surface area contributed by atoms with Crippen molar-refractivity contribution in [2.45, 2.75) is 39.4 Å². The van der Waals surface area contributed by atoms with Crippen molar-refractivity contribution in [2.75, 3.05) is 17.1 Å². The number of nitrogens with zero attached hydrogens (tertiary/aromatic N) is 2. The Labute approximate surface area is 193 Å². The number of hydrogen-bond donors (Lipinski definition) is 1. The van der Waals surface area contributed by atoms with Gasteiger partial charge in [-0.1, -0.05) is 29.8 Å². The Bertz CT molecular complexity index is 1060. The molecule has 174 valence electrons. The van der Waals surface area contributed by atoms with Crippen molar-refractivity contribution in [3.63, 3.8) is 0 Å². The quantitative estimate of drug-likeness (QED) is 0.593. The van der Waals surface area contributed by atoms with Gasteiger partial charge in [0, 0.05) is 17.6 Å². The van der Waals surface area contributed by atoms with Crippen molar-refractivity contribution in [3.8, 4) is 0 Å². The molecule has 0 radical (unpaired) electrons. The molecule has 0 aliphatic heterocycles. The van der Waals surface area contributed by atoms with E-state index >= 15 is 0 Å². The van der Waals surface area contributed by atoms with Gasteiger partial charge in [-0.05, 0) is 56.7 Å². The number of anilines is 1. The highest BCUT2D eigenvalue weighted by Gasteiger charge is 2.30. The van der Waals surface area contributed by atoms with E-state index < -0.39 is 34.3 Å². The van der Waals surface area contributed by atoms with Crippen molar-refractivity contribution in [1.29, 1.82) is 0 Å². The average molecular weight is 484 g/mol. The van der Waals surface area contributed by atoms with E-state index in [1.807, 2.05) is 0 Å². The minimum Gasteiger partial charge on any atom is -0.352 e. The number of carbonyl (C=O) groups is 2. The third-order valence-electron chi connectivity index (χ3n) is 4.64. The molecule has 0 spiro atoms. The molecular weight excluding hydrogens is 457 g/mol. The highest BCUT2D eigenvalue weighted by molar-refractivity contribution is 7.92. The van der Waals surface area contributed by atoms with Gasteiger partial charge in [-0.2, -0.15) is 0 Å². The fourth-order valence-corrected chi connectivity index (χ4v) is 4.05. The monoisotopic (exact) mass is 483 g/mol. The zero-order valence-electron chi connectivity index (χ0n) is 18.4. The maximum atomic E-state index is 13.3. The molecule has 2 amide bonds. The van der Waals surface area contributed by atoms with Crippen LogP contribution >= 0.6 is 11.6 Å². The smallest absolute Gasteiger partial charge is 0.244 e. The highest BCUT2D eigenvalue weighted by Crippen LogP contribution is 2.22. The molecule has 1 atom stereocenters. The Morgan fingerprint density at radius 2 is 1.72 bits per heavy atom. The summed E-state index contributed by atoms with van der Waals surface area (Å²) in [6.45, 7) is 4.62. The van der Waals surface area contributed by atoms with Gasteiger partial charge >= 0.3 is 0 Å². The van der Waals surface area contributed by atoms with Crippen LogP contribution in [-0.2, 0) is 26.2 Å². The lowest BCUT2D eigenvalue weighted by atomic mass is 10.1. The summed E-state index contributed by atoms with van der Waals surface area (Å²) in [5.41, 5.74) is 0.826. The largest absolute Gasteiger partial charge is 0.352 e. The molecule has 0 fully saturated rings. The van der Waals surface area contributed by atoms with Crippen molar-refractivity contribution in [2.24, 2.45) is 0 Å². The molecule has 7 nitrogen and oxygen atoms in total. The minimum absolute atomic E-state index is 0.00105. The zero-order valence-corrected chi connectivity index (χ0v) is 20.0. The molecule has 0 saturated heterocycles. The number of benzene rings is 2. The Hall–Kier alpha value is -2.65. The van der Waals surface area contributed by atoms with Crippen molar-refractivity contribution < 1.29 is 22.4 Å². The molecule has 1 unspecified atom stereocenters. The summed E-state index contributed by atoms with van der Waals surface area (Å²) in [6, 6.07) is 10.6. The molecule has 0 saturated carbocycles. The number of carbonyl (C=O) groups excluding carboxylic acids is 2. The van der Waals surface area contributed by atoms with E-state index in [-0.39, 0.29) is 24.2 Å². The predicted molar refractivity (Wildman–Crippen MR) is 123 cm³/mol. The Morgan fingerprint density at radius 3 is 2.25 bits per heavy atom. The van der Waals surface area contributed by atoms with Gasteiger partial charge in [0.1, 0.15) is 18.4 Å². The van der Waals surface area contributed by atoms with Crippen molar-refractivity contribution >= 4 is 39.1 Å². The molecule has 0 aliphatic carbocycles. The van der Waals surface area contributed by atoms with Crippen LogP contribution in [0.3, 0.4) is 0 Å². The summed E-state index contributed by atoms with van der Waals surface area (Å²) in [5, 5.41) is 3.07. The third-order valence-corrected chi connectivity index (χ3v) is 6.02. The van der Waals surface area contributed by atoms with Gasteiger partial charge in [0.05, 0.1) is 11.9 Å². The summed E-state index contributed by atoms with van der Waals surface area (Å²) in [6.07, 6.45) is 0.987. The number of hydrogen-bond acceptors (Lipinski definition) is 4. The Balaban J connectivity index is 2.38. The molecule has 0 bridgehead atoms. The normalized spacial score (nSPS) is 12.3. The van der Waals surface area contributed by atoms with E-state index in [0.717, 1.165) is 10.6 Å². The van der Waals surface area contributed by atoms with Crippen molar-refractivity contribution in [1.82, 2.24) is 10.2 Å². The molecule has 2 aromatic carbocycles. The van der Waals surface area contributed by atoms with Gasteiger partial charge < -0.3 is 10.2 Å². The summed E-state index contributed by atoms with van der Waals surface area (Å²) >= 11 is 6.00. The molecule has 2 rings (SSSR count). The van der Waals surface area contributed by atoms with Crippen LogP contribution in [0.15, 0.2) is 48.5 Å². The van der Waals surface area contributed by atoms with Crippen molar-refractivity contribution in [3.05, 3.63) is 64.9 Å². The molecule has 10 heteroatoms.